The summed E-state index contributed by atoms with van der Waals surface area (Å²) in [5.74, 6) is 0.246. The van der Waals surface area contributed by atoms with Crippen LogP contribution in [0.25, 0.3) is 28.1 Å². The molecule has 1 aliphatic heterocycles. The van der Waals surface area contributed by atoms with Crippen molar-refractivity contribution in [2.45, 2.75) is 51.2 Å². The van der Waals surface area contributed by atoms with Crippen molar-refractivity contribution in [1.82, 2.24) is 14.5 Å². The van der Waals surface area contributed by atoms with Gasteiger partial charge in [0.15, 0.2) is 0 Å². The Morgan fingerprint density at radius 2 is 1.74 bits per heavy atom. The number of hydrogen-bond donors (Lipinski definition) is 2. The van der Waals surface area contributed by atoms with E-state index in [1.807, 2.05) is 47.0 Å². The summed E-state index contributed by atoms with van der Waals surface area (Å²) in [5.41, 5.74) is 4.19. The minimum atomic E-state index is -4.42. The van der Waals surface area contributed by atoms with Crippen LogP contribution in [0.15, 0.2) is 84.0 Å². The van der Waals surface area contributed by atoms with E-state index in [4.69, 9.17) is 9.98 Å². The summed E-state index contributed by atoms with van der Waals surface area (Å²) in [7, 11) is 0. The van der Waals surface area contributed by atoms with Crippen LogP contribution in [0.1, 0.15) is 44.6 Å². The van der Waals surface area contributed by atoms with Gasteiger partial charge >= 0.3 is 6.18 Å². The minimum absolute atomic E-state index is 0.171. The van der Waals surface area contributed by atoms with Crippen LogP contribution >= 0.6 is 0 Å². The standard InChI is InChI=1S/C32H29F3N6O/c1-20(42)37-31-16-13-23(19-36-31)39-26-17-28-30(18-27(26)38-22-7-3-2-4-8-22)41(29-10-6-5-9-25(29)40-28)24-14-11-21(12-15-24)32(33,34)35/h5-6,9-19,22,39H,2-4,7-8H2,1H3,(H,36,37,42)/b38-27+. The molecule has 1 aromatic heterocycles. The van der Waals surface area contributed by atoms with Crippen LogP contribution in [0.2, 0.25) is 0 Å². The van der Waals surface area contributed by atoms with Crippen LogP contribution in [-0.2, 0) is 11.0 Å². The monoisotopic (exact) mass is 570 g/mol. The molecular weight excluding hydrogens is 541 g/mol. The lowest BCUT2D eigenvalue weighted by Crippen LogP contribution is -2.19. The highest BCUT2D eigenvalue weighted by atomic mass is 19.4. The van der Waals surface area contributed by atoms with Gasteiger partial charge in [-0.15, -0.1) is 0 Å². The molecule has 6 rings (SSSR count). The largest absolute Gasteiger partial charge is 0.416 e. The van der Waals surface area contributed by atoms with Gasteiger partial charge in [-0.25, -0.2) is 9.97 Å². The van der Waals surface area contributed by atoms with E-state index in [9.17, 15) is 18.0 Å². The lowest BCUT2D eigenvalue weighted by atomic mass is 9.96. The molecule has 0 atom stereocenters. The zero-order valence-corrected chi connectivity index (χ0v) is 22.9. The van der Waals surface area contributed by atoms with E-state index >= 15 is 0 Å². The molecule has 3 aliphatic rings. The fourth-order valence-corrected chi connectivity index (χ4v) is 5.41. The van der Waals surface area contributed by atoms with Gasteiger partial charge in [0.25, 0.3) is 0 Å². The summed E-state index contributed by atoms with van der Waals surface area (Å²) in [6.45, 7) is 1.43. The quantitative estimate of drug-likeness (QED) is 0.215. The molecule has 1 fully saturated rings. The number of benzene rings is 3. The number of para-hydroxylation sites is 2. The third-order valence-electron chi connectivity index (χ3n) is 7.39. The van der Waals surface area contributed by atoms with Crippen molar-refractivity contribution in [3.05, 3.63) is 89.9 Å². The molecule has 0 unspecified atom stereocenters. The maximum absolute atomic E-state index is 13.3. The van der Waals surface area contributed by atoms with Gasteiger partial charge in [0.2, 0.25) is 5.91 Å². The van der Waals surface area contributed by atoms with Gasteiger partial charge < -0.3 is 15.2 Å². The number of aromatic nitrogens is 3. The Labute approximate surface area is 240 Å². The molecule has 1 saturated carbocycles. The highest BCUT2D eigenvalue weighted by Gasteiger charge is 2.30. The van der Waals surface area contributed by atoms with Gasteiger partial charge in [0.1, 0.15) is 5.82 Å². The number of halogens is 3. The third kappa shape index (κ3) is 5.83. The number of hydrogen-bond acceptors (Lipinski definition) is 5. The number of nitrogens with zero attached hydrogens (tertiary/aromatic N) is 4. The van der Waals surface area contributed by atoms with E-state index in [0.717, 1.165) is 60.1 Å². The molecule has 0 radical (unpaired) electrons. The number of carbonyl (C=O) groups is 1. The second kappa shape index (κ2) is 11.3. The van der Waals surface area contributed by atoms with E-state index in [1.165, 1.54) is 25.5 Å². The van der Waals surface area contributed by atoms with Gasteiger partial charge in [-0.05, 0) is 73.5 Å². The summed E-state index contributed by atoms with van der Waals surface area (Å²) in [6, 6.07) is 20.3. The SMILES string of the molecule is CC(=O)Nc1ccc(Nc2cc3nc4ccccc4n(-c4ccc(C(F)(F)F)cc4)c-3c/c2=N\C2CCCCC2)cn1. The fourth-order valence-electron chi connectivity index (χ4n) is 5.41. The van der Waals surface area contributed by atoms with Gasteiger partial charge in [-0.2, -0.15) is 13.2 Å². The Kier molecular flexibility index (Phi) is 7.36. The van der Waals surface area contributed by atoms with Crippen molar-refractivity contribution in [3.63, 3.8) is 0 Å². The van der Waals surface area contributed by atoms with Crippen LogP contribution in [0.5, 0.6) is 0 Å². The van der Waals surface area contributed by atoms with Gasteiger partial charge in [0, 0.05) is 12.6 Å². The van der Waals surface area contributed by atoms with Crippen molar-refractivity contribution in [2.75, 3.05) is 10.6 Å². The number of alkyl halides is 3. The van der Waals surface area contributed by atoms with Crippen LogP contribution in [0.3, 0.4) is 0 Å². The number of pyridine rings is 1. The lowest BCUT2D eigenvalue weighted by molar-refractivity contribution is -0.137. The summed E-state index contributed by atoms with van der Waals surface area (Å²) < 4.78 is 42.0. The third-order valence-corrected chi connectivity index (χ3v) is 7.39. The Morgan fingerprint density at radius 3 is 2.43 bits per heavy atom. The second-order valence-corrected chi connectivity index (χ2v) is 10.5. The van der Waals surface area contributed by atoms with Crippen LogP contribution < -0.4 is 16.0 Å². The number of carbonyl (C=O) groups excluding carboxylic acids is 1. The highest BCUT2D eigenvalue weighted by Crippen LogP contribution is 2.33. The molecule has 42 heavy (non-hydrogen) atoms. The topological polar surface area (TPSA) is 84.2 Å². The second-order valence-electron chi connectivity index (χ2n) is 10.5. The molecule has 7 nitrogen and oxygen atoms in total. The normalized spacial score (nSPS) is 14.8. The zero-order valence-electron chi connectivity index (χ0n) is 22.9. The average Bonchev–Trinajstić information content (AvgIpc) is 2.97. The van der Waals surface area contributed by atoms with Crippen LogP contribution in [0, 0.1) is 0 Å². The van der Waals surface area contributed by atoms with E-state index < -0.39 is 11.7 Å². The first-order valence-corrected chi connectivity index (χ1v) is 13.9. The van der Waals surface area contributed by atoms with E-state index in [-0.39, 0.29) is 11.9 Å². The van der Waals surface area contributed by atoms with Gasteiger partial charge in [-0.1, -0.05) is 31.4 Å². The first kappa shape index (κ1) is 27.4. The van der Waals surface area contributed by atoms with Crippen molar-refractivity contribution in [3.8, 4) is 17.1 Å². The van der Waals surface area contributed by atoms with E-state index in [0.29, 0.717) is 28.4 Å². The van der Waals surface area contributed by atoms with Crippen LogP contribution in [0.4, 0.5) is 30.4 Å². The predicted octanol–water partition coefficient (Wildman–Crippen LogP) is 7.48. The average molecular weight is 571 g/mol. The Balaban J connectivity index is 1.53. The zero-order chi connectivity index (χ0) is 29.3. The molecule has 214 valence electrons. The van der Waals surface area contributed by atoms with Crippen molar-refractivity contribution >= 4 is 34.1 Å². The van der Waals surface area contributed by atoms with Crippen molar-refractivity contribution in [1.29, 1.82) is 0 Å². The molecule has 1 amide bonds. The van der Waals surface area contributed by atoms with Crippen LogP contribution in [-0.4, -0.2) is 26.5 Å². The molecule has 3 aromatic rings. The number of rotatable bonds is 5. The first-order valence-electron chi connectivity index (χ1n) is 13.9. The maximum Gasteiger partial charge on any atom is 0.416 e. The lowest BCUT2D eigenvalue weighted by Gasteiger charge is -2.22. The van der Waals surface area contributed by atoms with Gasteiger partial charge in [-0.3, -0.25) is 9.79 Å². The predicted molar refractivity (Wildman–Crippen MR) is 157 cm³/mol. The number of amides is 1. The highest BCUT2D eigenvalue weighted by molar-refractivity contribution is 5.88. The van der Waals surface area contributed by atoms with Crippen molar-refractivity contribution in [2.24, 2.45) is 4.99 Å². The molecule has 2 aliphatic carbocycles. The summed E-state index contributed by atoms with van der Waals surface area (Å²) in [4.78, 5) is 25.8. The van der Waals surface area contributed by atoms with E-state index in [2.05, 4.69) is 15.6 Å². The van der Waals surface area contributed by atoms with Crippen molar-refractivity contribution < 1.29 is 18.0 Å². The summed E-state index contributed by atoms with van der Waals surface area (Å²) in [5, 5.41) is 6.82. The molecule has 0 spiro atoms. The molecule has 0 saturated heterocycles. The molecular formula is C32H29F3N6O. The van der Waals surface area contributed by atoms with E-state index in [1.54, 1.807) is 12.3 Å². The maximum atomic E-state index is 13.3. The summed E-state index contributed by atoms with van der Waals surface area (Å²) in [6.07, 6.45) is 2.65. The Bertz CT molecular complexity index is 1770. The number of nitrogens with one attached hydrogen (secondary N) is 2. The minimum Gasteiger partial charge on any atom is -0.352 e. The number of fused-ring (bicyclic) bond motifs is 2. The number of anilines is 3. The molecule has 2 N–H and O–H groups in total. The smallest absolute Gasteiger partial charge is 0.352 e. The molecule has 2 aromatic carbocycles. The molecule has 2 heterocycles. The van der Waals surface area contributed by atoms with Gasteiger partial charge in [0.05, 0.1) is 57.0 Å². The fraction of sp³-hybridized carbons (Fsp3) is 0.250. The Hall–Kier alpha value is -4.73. The molecule has 10 heteroatoms. The first-order chi connectivity index (χ1) is 20.2. The molecule has 0 bridgehead atoms. The summed E-state index contributed by atoms with van der Waals surface area (Å²) >= 11 is 0. The Morgan fingerprint density at radius 1 is 0.976 bits per heavy atom.